The Labute approximate surface area is 135 Å². The van der Waals surface area contributed by atoms with E-state index >= 15 is 0 Å². The quantitative estimate of drug-likeness (QED) is 0.881. The number of nitrogens with zero attached hydrogens (tertiary/aromatic N) is 1. The van der Waals surface area contributed by atoms with Crippen LogP contribution >= 0.6 is 11.6 Å². The smallest absolute Gasteiger partial charge is 0.319 e. The molecule has 1 aromatic carbocycles. The topological polar surface area (TPSA) is 78.5 Å². The van der Waals surface area contributed by atoms with Crippen LogP contribution in [0.3, 0.4) is 0 Å². The van der Waals surface area contributed by atoms with Crippen LogP contribution in [0.25, 0.3) is 0 Å². The number of piperidine rings is 1. The summed E-state index contributed by atoms with van der Waals surface area (Å²) in [6, 6.07) is 4.74. The number of nitrogens with one attached hydrogen (secondary N) is 2. The lowest BCUT2D eigenvalue weighted by Crippen LogP contribution is -2.50. The molecule has 1 heterocycles. The maximum Gasteiger partial charge on any atom is 0.319 e. The number of hydrogen-bond acceptors (Lipinski definition) is 3. The number of carbonyl (C=O) groups excluding carboxylic acids is 1. The fourth-order valence-electron chi connectivity index (χ4n) is 2.45. The standard InChI is InChI=1S/C14H20ClN3O3S/c1-10-12(15)6-3-7-13(10)17-14(19)16-11-5-4-8-18(9-11)22(2,20)21/h3,6-7,11H,4-5,8-9H2,1-2H3,(H2,16,17,19)/t11-/m1/s1. The normalized spacial score (nSPS) is 19.7. The average molecular weight is 346 g/mol. The Morgan fingerprint density at radius 1 is 1.41 bits per heavy atom. The molecule has 122 valence electrons. The SMILES string of the molecule is Cc1c(Cl)cccc1NC(=O)N[C@@H]1CCCN(S(C)(=O)=O)C1. The molecule has 0 bridgehead atoms. The van der Waals surface area contributed by atoms with Crippen molar-refractivity contribution in [1.29, 1.82) is 0 Å². The first-order valence-corrected chi connectivity index (χ1v) is 9.28. The van der Waals surface area contributed by atoms with Crippen molar-refractivity contribution in [3.05, 3.63) is 28.8 Å². The molecule has 1 fully saturated rings. The van der Waals surface area contributed by atoms with E-state index in [1.165, 1.54) is 10.6 Å². The molecule has 0 saturated carbocycles. The van der Waals surface area contributed by atoms with Crippen molar-refractivity contribution in [2.24, 2.45) is 0 Å². The van der Waals surface area contributed by atoms with Gasteiger partial charge in [-0.15, -0.1) is 0 Å². The van der Waals surface area contributed by atoms with Gasteiger partial charge in [-0.2, -0.15) is 0 Å². The van der Waals surface area contributed by atoms with Crippen molar-refractivity contribution < 1.29 is 13.2 Å². The van der Waals surface area contributed by atoms with Crippen molar-refractivity contribution in [3.63, 3.8) is 0 Å². The van der Waals surface area contributed by atoms with E-state index in [0.717, 1.165) is 18.4 Å². The van der Waals surface area contributed by atoms with Crippen LogP contribution < -0.4 is 10.6 Å². The Balaban J connectivity index is 1.96. The van der Waals surface area contributed by atoms with E-state index < -0.39 is 10.0 Å². The van der Waals surface area contributed by atoms with Crippen molar-refractivity contribution >= 4 is 33.3 Å². The van der Waals surface area contributed by atoms with Crippen LogP contribution in [-0.2, 0) is 10.0 Å². The predicted molar refractivity (Wildman–Crippen MR) is 87.8 cm³/mol. The third-order valence-corrected chi connectivity index (χ3v) is 5.38. The van der Waals surface area contributed by atoms with E-state index in [0.29, 0.717) is 23.8 Å². The summed E-state index contributed by atoms with van der Waals surface area (Å²) in [6.45, 7) is 2.64. The molecule has 8 heteroatoms. The summed E-state index contributed by atoms with van der Waals surface area (Å²) in [7, 11) is -3.22. The molecule has 0 unspecified atom stereocenters. The Morgan fingerprint density at radius 3 is 2.82 bits per heavy atom. The predicted octanol–water partition coefficient (Wildman–Crippen LogP) is 2.19. The van der Waals surface area contributed by atoms with E-state index in [9.17, 15) is 13.2 Å². The van der Waals surface area contributed by atoms with Crippen molar-refractivity contribution in [2.75, 3.05) is 24.7 Å². The van der Waals surface area contributed by atoms with Crippen LogP contribution in [-0.4, -0.2) is 44.1 Å². The van der Waals surface area contributed by atoms with Gasteiger partial charge in [0.15, 0.2) is 0 Å². The molecule has 1 atom stereocenters. The number of rotatable bonds is 3. The minimum Gasteiger partial charge on any atom is -0.334 e. The molecule has 2 rings (SSSR count). The summed E-state index contributed by atoms with van der Waals surface area (Å²) in [4.78, 5) is 12.1. The largest absolute Gasteiger partial charge is 0.334 e. The second kappa shape index (κ2) is 6.85. The Morgan fingerprint density at radius 2 is 2.14 bits per heavy atom. The third kappa shape index (κ3) is 4.34. The molecule has 22 heavy (non-hydrogen) atoms. The highest BCUT2D eigenvalue weighted by atomic mass is 35.5. The monoisotopic (exact) mass is 345 g/mol. The maximum absolute atomic E-state index is 12.1. The highest BCUT2D eigenvalue weighted by molar-refractivity contribution is 7.88. The van der Waals surface area contributed by atoms with Gasteiger partial charge in [-0.1, -0.05) is 17.7 Å². The van der Waals surface area contributed by atoms with Gasteiger partial charge in [0.2, 0.25) is 10.0 Å². The zero-order valence-electron chi connectivity index (χ0n) is 12.6. The lowest BCUT2D eigenvalue weighted by molar-refractivity contribution is 0.236. The Hall–Kier alpha value is -1.31. The summed E-state index contributed by atoms with van der Waals surface area (Å²) in [5.74, 6) is 0. The molecule has 1 aliphatic heterocycles. The van der Waals surface area contributed by atoms with Crippen LogP contribution in [0, 0.1) is 6.92 Å². The lowest BCUT2D eigenvalue weighted by atomic mass is 10.1. The van der Waals surface area contributed by atoms with Gasteiger partial charge in [0.05, 0.1) is 6.26 Å². The highest BCUT2D eigenvalue weighted by Gasteiger charge is 2.26. The van der Waals surface area contributed by atoms with Crippen LogP contribution in [0.4, 0.5) is 10.5 Å². The minimum atomic E-state index is -3.22. The fraction of sp³-hybridized carbons (Fsp3) is 0.500. The van der Waals surface area contributed by atoms with E-state index in [1.54, 1.807) is 18.2 Å². The van der Waals surface area contributed by atoms with Gasteiger partial charge in [0.25, 0.3) is 0 Å². The summed E-state index contributed by atoms with van der Waals surface area (Å²) >= 11 is 6.01. The van der Waals surface area contributed by atoms with Crippen molar-refractivity contribution in [1.82, 2.24) is 9.62 Å². The minimum absolute atomic E-state index is 0.192. The molecule has 0 spiro atoms. The van der Waals surface area contributed by atoms with Gasteiger partial charge >= 0.3 is 6.03 Å². The summed E-state index contributed by atoms with van der Waals surface area (Å²) in [5, 5.41) is 6.15. The molecule has 2 N–H and O–H groups in total. The Bertz CT molecular complexity index is 663. The van der Waals surface area contributed by atoms with Gasteiger partial charge < -0.3 is 10.6 Å². The molecule has 1 aromatic rings. The number of hydrogen-bond donors (Lipinski definition) is 2. The lowest BCUT2D eigenvalue weighted by Gasteiger charge is -2.31. The third-order valence-electron chi connectivity index (χ3n) is 3.70. The van der Waals surface area contributed by atoms with E-state index in [2.05, 4.69) is 10.6 Å². The molecule has 2 amide bonds. The van der Waals surface area contributed by atoms with E-state index in [1.807, 2.05) is 6.92 Å². The van der Waals surface area contributed by atoms with E-state index in [4.69, 9.17) is 11.6 Å². The molecular formula is C14H20ClN3O3S. The molecular weight excluding hydrogens is 326 g/mol. The van der Waals surface area contributed by atoms with E-state index in [-0.39, 0.29) is 12.1 Å². The number of carbonyl (C=O) groups is 1. The number of urea groups is 1. The molecule has 0 radical (unpaired) electrons. The number of amides is 2. The summed E-state index contributed by atoms with van der Waals surface area (Å²) in [6.07, 6.45) is 2.67. The van der Waals surface area contributed by atoms with Crippen molar-refractivity contribution in [3.8, 4) is 0 Å². The highest BCUT2D eigenvalue weighted by Crippen LogP contribution is 2.23. The molecule has 0 aromatic heterocycles. The summed E-state index contributed by atoms with van der Waals surface area (Å²) in [5.41, 5.74) is 1.43. The fourth-order valence-corrected chi connectivity index (χ4v) is 3.53. The van der Waals surface area contributed by atoms with Crippen molar-refractivity contribution in [2.45, 2.75) is 25.8 Å². The maximum atomic E-state index is 12.1. The van der Waals surface area contributed by atoms with Crippen LogP contribution in [0.5, 0.6) is 0 Å². The first kappa shape index (κ1) is 17.1. The second-order valence-corrected chi connectivity index (χ2v) is 7.86. The zero-order chi connectivity index (χ0) is 16.3. The van der Waals surface area contributed by atoms with Gasteiger partial charge in [-0.25, -0.2) is 17.5 Å². The van der Waals surface area contributed by atoms with Gasteiger partial charge in [0, 0.05) is 29.8 Å². The van der Waals surface area contributed by atoms with Crippen LogP contribution in [0.1, 0.15) is 18.4 Å². The first-order chi connectivity index (χ1) is 10.3. The molecule has 1 saturated heterocycles. The number of anilines is 1. The van der Waals surface area contributed by atoms with Gasteiger partial charge in [-0.3, -0.25) is 0 Å². The summed E-state index contributed by atoms with van der Waals surface area (Å²) < 4.78 is 24.5. The molecule has 1 aliphatic rings. The Kier molecular flexibility index (Phi) is 5.31. The van der Waals surface area contributed by atoms with Crippen LogP contribution in [0.15, 0.2) is 18.2 Å². The first-order valence-electron chi connectivity index (χ1n) is 7.05. The second-order valence-electron chi connectivity index (χ2n) is 5.47. The number of sulfonamides is 1. The van der Waals surface area contributed by atoms with Crippen LogP contribution in [0.2, 0.25) is 5.02 Å². The van der Waals surface area contributed by atoms with Gasteiger partial charge in [0.1, 0.15) is 0 Å². The number of benzene rings is 1. The zero-order valence-corrected chi connectivity index (χ0v) is 14.2. The van der Waals surface area contributed by atoms with Gasteiger partial charge in [-0.05, 0) is 37.5 Å². The average Bonchev–Trinajstić information content (AvgIpc) is 2.43. The number of halogens is 1. The molecule has 0 aliphatic carbocycles. The molecule has 6 nitrogen and oxygen atoms in total.